The molecule has 0 bridgehead atoms. The summed E-state index contributed by atoms with van der Waals surface area (Å²) in [5, 5.41) is 10.5. The molecule has 1 heterocycles. The van der Waals surface area contributed by atoms with Crippen molar-refractivity contribution in [3.8, 4) is 0 Å². The number of aliphatic hydroxyl groups is 1. The van der Waals surface area contributed by atoms with Gasteiger partial charge in [-0.1, -0.05) is 6.92 Å². The molecule has 1 aromatic heterocycles. The molecule has 106 valence electrons. The van der Waals surface area contributed by atoms with Crippen LogP contribution in [-0.2, 0) is 15.1 Å². The largest absolute Gasteiger partial charge is 0.460 e. The third-order valence-corrected chi connectivity index (χ3v) is 2.75. The number of aromatic amines is 1. The third kappa shape index (κ3) is 4.52. The third-order valence-electron chi connectivity index (χ3n) is 2.75. The van der Waals surface area contributed by atoms with Crippen LogP contribution >= 0.6 is 0 Å². The van der Waals surface area contributed by atoms with Gasteiger partial charge in [-0.05, 0) is 38.8 Å². The second-order valence-corrected chi connectivity index (χ2v) is 5.59. The Balaban J connectivity index is 2.93. The Morgan fingerprint density at radius 2 is 2.05 bits per heavy atom. The van der Waals surface area contributed by atoms with Crippen molar-refractivity contribution in [2.45, 2.75) is 51.7 Å². The number of rotatable bonds is 4. The summed E-state index contributed by atoms with van der Waals surface area (Å²) < 4.78 is 5.20. The highest BCUT2D eigenvalue weighted by Crippen LogP contribution is 2.28. The fourth-order valence-corrected chi connectivity index (χ4v) is 1.78. The summed E-state index contributed by atoms with van der Waals surface area (Å²) in [6.45, 7) is 7.06. The first kappa shape index (κ1) is 15.4. The van der Waals surface area contributed by atoms with E-state index in [1.807, 2.05) is 0 Å². The van der Waals surface area contributed by atoms with E-state index in [-0.39, 0.29) is 12.0 Å². The van der Waals surface area contributed by atoms with Gasteiger partial charge in [0.05, 0.1) is 6.42 Å². The van der Waals surface area contributed by atoms with Crippen molar-refractivity contribution >= 4 is 5.97 Å². The Kier molecular flexibility index (Phi) is 4.52. The summed E-state index contributed by atoms with van der Waals surface area (Å²) in [7, 11) is 0. The number of esters is 1. The highest BCUT2D eigenvalue weighted by Gasteiger charge is 2.32. The lowest BCUT2D eigenvalue weighted by Gasteiger charge is -2.28. The van der Waals surface area contributed by atoms with E-state index < -0.39 is 17.2 Å². The van der Waals surface area contributed by atoms with E-state index in [1.165, 1.54) is 12.3 Å². The quantitative estimate of drug-likeness (QED) is 0.814. The summed E-state index contributed by atoms with van der Waals surface area (Å²) in [5.41, 5.74) is -1.87. The van der Waals surface area contributed by atoms with Crippen molar-refractivity contribution < 1.29 is 14.6 Å². The van der Waals surface area contributed by atoms with Crippen molar-refractivity contribution in [3.05, 3.63) is 34.2 Å². The van der Waals surface area contributed by atoms with Gasteiger partial charge in [-0.3, -0.25) is 9.59 Å². The molecule has 0 amide bonds. The van der Waals surface area contributed by atoms with Gasteiger partial charge >= 0.3 is 5.97 Å². The fraction of sp³-hybridized carbons (Fsp3) is 0.571. The van der Waals surface area contributed by atoms with Crippen LogP contribution in [0.2, 0.25) is 0 Å². The highest BCUT2D eigenvalue weighted by atomic mass is 16.6. The predicted octanol–water partition coefficient (Wildman–Crippen LogP) is 1.70. The lowest BCUT2D eigenvalue weighted by Crippen LogP contribution is -2.33. The van der Waals surface area contributed by atoms with Gasteiger partial charge in [0.1, 0.15) is 11.2 Å². The van der Waals surface area contributed by atoms with Crippen molar-refractivity contribution in [2.75, 3.05) is 0 Å². The van der Waals surface area contributed by atoms with Crippen LogP contribution in [0.5, 0.6) is 0 Å². The Hall–Kier alpha value is -1.62. The number of H-pyrrole nitrogens is 1. The monoisotopic (exact) mass is 267 g/mol. The molecular weight excluding hydrogens is 246 g/mol. The minimum Gasteiger partial charge on any atom is -0.460 e. The first-order valence-corrected chi connectivity index (χ1v) is 6.30. The maximum atomic E-state index is 11.8. The maximum Gasteiger partial charge on any atom is 0.309 e. The molecule has 0 saturated carbocycles. The van der Waals surface area contributed by atoms with E-state index in [9.17, 15) is 14.7 Å². The maximum absolute atomic E-state index is 11.8. The highest BCUT2D eigenvalue weighted by molar-refractivity contribution is 5.71. The lowest BCUT2D eigenvalue weighted by molar-refractivity contribution is -0.161. The van der Waals surface area contributed by atoms with Gasteiger partial charge < -0.3 is 14.8 Å². The van der Waals surface area contributed by atoms with Gasteiger partial charge in [0.15, 0.2) is 0 Å². The standard InChI is InChI=1S/C14H21NO4/c1-5-14(18,9-12(17)19-13(2,3)4)10-6-7-15-11(16)8-10/h6-8,18H,5,9H2,1-4H3,(H,15,16). The zero-order valence-corrected chi connectivity index (χ0v) is 11.8. The molecule has 2 N–H and O–H groups in total. The number of pyridine rings is 1. The molecule has 1 unspecified atom stereocenters. The molecule has 0 aliphatic carbocycles. The molecule has 5 nitrogen and oxygen atoms in total. The number of aromatic nitrogens is 1. The molecule has 0 fully saturated rings. The number of ether oxygens (including phenoxy) is 1. The van der Waals surface area contributed by atoms with E-state index >= 15 is 0 Å². The summed E-state index contributed by atoms with van der Waals surface area (Å²) in [6.07, 6.45) is 1.59. The van der Waals surface area contributed by atoms with Crippen molar-refractivity contribution in [2.24, 2.45) is 0 Å². The molecule has 0 radical (unpaired) electrons. The molecule has 19 heavy (non-hydrogen) atoms. The van der Waals surface area contributed by atoms with Gasteiger partial charge in [-0.2, -0.15) is 0 Å². The average molecular weight is 267 g/mol. The summed E-state index contributed by atoms with van der Waals surface area (Å²) in [4.78, 5) is 25.6. The molecule has 0 saturated heterocycles. The predicted molar refractivity (Wildman–Crippen MR) is 71.7 cm³/mol. The Morgan fingerprint density at radius 1 is 1.42 bits per heavy atom. The van der Waals surface area contributed by atoms with Crippen LogP contribution in [0.25, 0.3) is 0 Å². The first-order chi connectivity index (χ1) is 8.66. The SMILES string of the molecule is CCC(O)(CC(=O)OC(C)(C)C)c1cc[nH]c(=O)c1. The molecule has 0 aliphatic heterocycles. The molecule has 1 rings (SSSR count). The molecule has 0 spiro atoms. The van der Waals surface area contributed by atoms with Crippen LogP contribution in [0, 0.1) is 0 Å². The lowest BCUT2D eigenvalue weighted by atomic mass is 9.88. The Labute approximate surface area is 112 Å². The number of hydrogen-bond donors (Lipinski definition) is 2. The minimum absolute atomic E-state index is 0.176. The van der Waals surface area contributed by atoms with Gasteiger partial charge in [0, 0.05) is 12.3 Å². The van der Waals surface area contributed by atoms with Crippen molar-refractivity contribution in [1.82, 2.24) is 4.98 Å². The van der Waals surface area contributed by atoms with Crippen LogP contribution in [0.3, 0.4) is 0 Å². The second kappa shape index (κ2) is 5.57. The minimum atomic E-state index is -1.38. The number of nitrogens with one attached hydrogen (secondary N) is 1. The van der Waals surface area contributed by atoms with Crippen LogP contribution in [-0.4, -0.2) is 21.7 Å². The molecule has 0 aromatic carbocycles. The average Bonchev–Trinajstić information content (AvgIpc) is 2.26. The zero-order chi connectivity index (χ0) is 14.7. The second-order valence-electron chi connectivity index (χ2n) is 5.59. The molecule has 1 aromatic rings. The first-order valence-electron chi connectivity index (χ1n) is 6.30. The zero-order valence-electron chi connectivity index (χ0n) is 11.8. The number of carbonyl (C=O) groups is 1. The van der Waals surface area contributed by atoms with Crippen LogP contribution in [0.15, 0.2) is 23.1 Å². The van der Waals surface area contributed by atoms with Gasteiger partial charge in [-0.15, -0.1) is 0 Å². The van der Waals surface area contributed by atoms with Crippen LogP contribution in [0.1, 0.15) is 46.1 Å². The van der Waals surface area contributed by atoms with Crippen molar-refractivity contribution in [1.29, 1.82) is 0 Å². The summed E-state index contributed by atoms with van der Waals surface area (Å²) >= 11 is 0. The van der Waals surface area contributed by atoms with Crippen molar-refractivity contribution in [3.63, 3.8) is 0 Å². The van der Waals surface area contributed by atoms with Gasteiger partial charge in [0.25, 0.3) is 0 Å². The number of hydrogen-bond acceptors (Lipinski definition) is 4. The molecular formula is C14H21NO4. The normalized spacial score (nSPS) is 14.8. The summed E-state index contributed by atoms with van der Waals surface area (Å²) in [6, 6.07) is 2.89. The molecule has 5 heteroatoms. The fourth-order valence-electron chi connectivity index (χ4n) is 1.78. The van der Waals surface area contributed by atoms with Crippen LogP contribution in [0.4, 0.5) is 0 Å². The van der Waals surface area contributed by atoms with E-state index in [4.69, 9.17) is 4.74 Å². The summed E-state index contributed by atoms with van der Waals surface area (Å²) in [5.74, 6) is -0.489. The topological polar surface area (TPSA) is 79.4 Å². The van der Waals surface area contributed by atoms with E-state index in [0.29, 0.717) is 12.0 Å². The number of carbonyl (C=O) groups excluding carboxylic acids is 1. The Bertz CT molecular complexity index is 501. The molecule has 1 atom stereocenters. The van der Waals surface area contributed by atoms with Gasteiger partial charge in [-0.25, -0.2) is 0 Å². The smallest absolute Gasteiger partial charge is 0.309 e. The van der Waals surface area contributed by atoms with Gasteiger partial charge in [0.2, 0.25) is 5.56 Å². The Morgan fingerprint density at radius 3 is 2.53 bits per heavy atom. The molecule has 0 aliphatic rings. The van der Waals surface area contributed by atoms with Crippen LogP contribution < -0.4 is 5.56 Å². The van der Waals surface area contributed by atoms with E-state index in [2.05, 4.69) is 4.98 Å². The van der Waals surface area contributed by atoms with E-state index in [0.717, 1.165) is 0 Å². The van der Waals surface area contributed by atoms with E-state index in [1.54, 1.807) is 33.8 Å².